The number of aromatic amines is 1. The van der Waals surface area contributed by atoms with E-state index in [4.69, 9.17) is 0 Å². The number of fused-ring (bicyclic) bond motifs is 1. The van der Waals surface area contributed by atoms with Crippen LogP contribution in [0.3, 0.4) is 0 Å². The summed E-state index contributed by atoms with van der Waals surface area (Å²) in [6, 6.07) is 6.19. The quantitative estimate of drug-likeness (QED) is 0.747. The third-order valence-corrected chi connectivity index (χ3v) is 4.79. The molecule has 3 heterocycles. The first kappa shape index (κ1) is 14.2. The van der Waals surface area contributed by atoms with Crippen molar-refractivity contribution in [2.24, 2.45) is 0 Å². The molecule has 1 aromatic carbocycles. The van der Waals surface area contributed by atoms with Gasteiger partial charge in [0.2, 0.25) is 0 Å². The molecule has 1 fully saturated rings. The van der Waals surface area contributed by atoms with E-state index < -0.39 is 0 Å². The highest BCUT2D eigenvalue weighted by atomic mass is 16.2. The van der Waals surface area contributed by atoms with Crippen LogP contribution in [0.25, 0.3) is 11.6 Å². The number of aryl methyl sites for hydroxylation is 1. The molecule has 0 unspecified atom stereocenters. The van der Waals surface area contributed by atoms with Gasteiger partial charge >= 0.3 is 0 Å². The smallest absolute Gasteiger partial charge is 0.256 e. The average Bonchev–Trinajstić information content (AvgIpc) is 3.12. The molecule has 0 spiro atoms. The fourth-order valence-electron chi connectivity index (χ4n) is 3.54. The zero-order valence-corrected chi connectivity index (χ0v) is 13.1. The summed E-state index contributed by atoms with van der Waals surface area (Å²) < 4.78 is 0. The van der Waals surface area contributed by atoms with Crippen LogP contribution in [0.5, 0.6) is 0 Å². The zero-order chi connectivity index (χ0) is 15.8. The SMILES string of the molecule is Cc1[nH]cnc1/C=C1\C(=O)Nc2cccc(C3CCNCC3)c21. The van der Waals surface area contributed by atoms with Gasteiger partial charge in [0.1, 0.15) is 0 Å². The van der Waals surface area contributed by atoms with Gasteiger partial charge in [-0.2, -0.15) is 0 Å². The molecule has 3 N–H and O–H groups in total. The van der Waals surface area contributed by atoms with Crippen molar-refractivity contribution in [1.82, 2.24) is 15.3 Å². The summed E-state index contributed by atoms with van der Waals surface area (Å²) in [5, 5.41) is 6.40. The van der Waals surface area contributed by atoms with Crippen LogP contribution in [0.2, 0.25) is 0 Å². The first-order valence-corrected chi connectivity index (χ1v) is 8.11. The second-order valence-electron chi connectivity index (χ2n) is 6.22. The van der Waals surface area contributed by atoms with Gasteiger partial charge in [-0.15, -0.1) is 0 Å². The van der Waals surface area contributed by atoms with Gasteiger partial charge in [0.15, 0.2) is 0 Å². The Bertz CT molecular complexity index is 784. The van der Waals surface area contributed by atoms with Crippen LogP contribution in [-0.2, 0) is 4.79 Å². The summed E-state index contributed by atoms with van der Waals surface area (Å²) in [7, 11) is 0. The van der Waals surface area contributed by atoms with Crippen molar-refractivity contribution < 1.29 is 4.79 Å². The maximum absolute atomic E-state index is 12.5. The van der Waals surface area contributed by atoms with Gasteiger partial charge in [0.05, 0.1) is 17.6 Å². The summed E-state index contributed by atoms with van der Waals surface area (Å²) in [6.07, 6.45) is 5.78. The van der Waals surface area contributed by atoms with Crippen molar-refractivity contribution in [3.63, 3.8) is 0 Å². The van der Waals surface area contributed by atoms with E-state index in [-0.39, 0.29) is 5.91 Å². The Balaban J connectivity index is 1.82. The van der Waals surface area contributed by atoms with Gasteiger partial charge in [-0.25, -0.2) is 4.98 Å². The molecule has 118 valence electrons. The van der Waals surface area contributed by atoms with Gasteiger partial charge in [-0.3, -0.25) is 4.79 Å². The van der Waals surface area contributed by atoms with E-state index in [2.05, 4.69) is 26.7 Å². The standard InChI is InChI=1S/C18H20N4O/c1-11-16(21-10-20-11)9-14-17-13(12-5-7-19-8-6-12)3-2-4-15(17)22-18(14)23/h2-4,9-10,12,19H,5-8H2,1H3,(H,20,21)(H,22,23)/b14-9-. The van der Waals surface area contributed by atoms with E-state index in [1.807, 2.05) is 25.1 Å². The van der Waals surface area contributed by atoms with Crippen LogP contribution < -0.4 is 10.6 Å². The number of benzene rings is 1. The fourth-order valence-corrected chi connectivity index (χ4v) is 3.54. The molecule has 0 atom stereocenters. The van der Waals surface area contributed by atoms with E-state index in [1.54, 1.807) is 6.33 Å². The molecule has 0 radical (unpaired) electrons. The number of carbonyl (C=O) groups excluding carboxylic acids is 1. The lowest BCUT2D eigenvalue weighted by Gasteiger charge is -2.24. The lowest BCUT2D eigenvalue weighted by molar-refractivity contribution is -0.110. The van der Waals surface area contributed by atoms with Crippen LogP contribution in [-0.4, -0.2) is 29.0 Å². The van der Waals surface area contributed by atoms with E-state index in [1.165, 1.54) is 5.56 Å². The minimum Gasteiger partial charge on any atom is -0.348 e. The molecule has 5 heteroatoms. The second kappa shape index (κ2) is 5.66. The molecule has 1 saturated heterocycles. The highest BCUT2D eigenvalue weighted by molar-refractivity contribution is 6.35. The topological polar surface area (TPSA) is 69.8 Å². The van der Waals surface area contributed by atoms with Crippen LogP contribution in [0.4, 0.5) is 5.69 Å². The first-order valence-electron chi connectivity index (χ1n) is 8.11. The number of hydrogen-bond acceptors (Lipinski definition) is 3. The molecule has 1 aromatic heterocycles. The Morgan fingerprint density at radius 3 is 2.83 bits per heavy atom. The van der Waals surface area contributed by atoms with Crippen molar-refractivity contribution in [1.29, 1.82) is 0 Å². The largest absolute Gasteiger partial charge is 0.348 e. The molecule has 23 heavy (non-hydrogen) atoms. The number of amides is 1. The minimum atomic E-state index is -0.0382. The molecule has 2 aliphatic rings. The van der Waals surface area contributed by atoms with Crippen molar-refractivity contribution in [3.05, 3.63) is 47.0 Å². The molecular weight excluding hydrogens is 288 g/mol. The third kappa shape index (κ3) is 2.47. The summed E-state index contributed by atoms with van der Waals surface area (Å²) in [6.45, 7) is 4.03. The predicted molar refractivity (Wildman–Crippen MR) is 91.1 cm³/mol. The lowest BCUT2D eigenvalue weighted by Crippen LogP contribution is -2.27. The van der Waals surface area contributed by atoms with Crippen LogP contribution >= 0.6 is 0 Å². The number of imidazole rings is 1. The van der Waals surface area contributed by atoms with Gasteiger partial charge < -0.3 is 15.6 Å². The molecule has 1 amide bonds. The number of hydrogen-bond donors (Lipinski definition) is 3. The summed E-state index contributed by atoms with van der Waals surface area (Å²) >= 11 is 0. The number of anilines is 1. The Morgan fingerprint density at radius 2 is 2.09 bits per heavy atom. The molecule has 2 aliphatic heterocycles. The van der Waals surface area contributed by atoms with Crippen LogP contribution in [0.1, 0.15) is 41.3 Å². The van der Waals surface area contributed by atoms with Crippen molar-refractivity contribution in [2.45, 2.75) is 25.7 Å². The first-order chi connectivity index (χ1) is 11.2. The highest BCUT2D eigenvalue weighted by Gasteiger charge is 2.30. The second-order valence-corrected chi connectivity index (χ2v) is 6.22. The lowest BCUT2D eigenvalue weighted by atomic mass is 9.85. The number of nitrogens with one attached hydrogen (secondary N) is 3. The highest BCUT2D eigenvalue weighted by Crippen LogP contribution is 2.40. The molecule has 2 aromatic rings. The van der Waals surface area contributed by atoms with E-state index in [0.717, 1.165) is 54.1 Å². The van der Waals surface area contributed by atoms with Gasteiger partial charge in [0.25, 0.3) is 5.91 Å². The van der Waals surface area contributed by atoms with Crippen molar-refractivity contribution in [3.8, 4) is 0 Å². The van der Waals surface area contributed by atoms with Crippen molar-refractivity contribution >= 4 is 23.2 Å². The Morgan fingerprint density at radius 1 is 1.26 bits per heavy atom. The van der Waals surface area contributed by atoms with Crippen LogP contribution in [0.15, 0.2) is 24.5 Å². The molecule has 0 saturated carbocycles. The number of piperidine rings is 1. The normalized spacial score (nSPS) is 19.9. The monoisotopic (exact) mass is 308 g/mol. The number of carbonyl (C=O) groups is 1. The van der Waals surface area contributed by atoms with Gasteiger partial charge in [-0.1, -0.05) is 12.1 Å². The summed E-state index contributed by atoms with van der Waals surface area (Å²) in [4.78, 5) is 19.8. The molecule has 4 rings (SSSR count). The maximum atomic E-state index is 12.5. The Hall–Kier alpha value is -2.40. The van der Waals surface area contributed by atoms with Gasteiger partial charge in [-0.05, 0) is 56.5 Å². The molecular formula is C18H20N4O. The van der Waals surface area contributed by atoms with Crippen molar-refractivity contribution in [2.75, 3.05) is 18.4 Å². The summed E-state index contributed by atoms with van der Waals surface area (Å²) in [5.74, 6) is 0.464. The maximum Gasteiger partial charge on any atom is 0.256 e. The Labute approximate surface area is 135 Å². The minimum absolute atomic E-state index is 0.0382. The molecule has 0 aliphatic carbocycles. The zero-order valence-electron chi connectivity index (χ0n) is 13.1. The molecule has 0 bridgehead atoms. The van der Waals surface area contributed by atoms with Gasteiger partial charge in [0, 0.05) is 16.9 Å². The van der Waals surface area contributed by atoms with E-state index in [0.29, 0.717) is 5.92 Å². The van der Waals surface area contributed by atoms with E-state index >= 15 is 0 Å². The number of H-pyrrole nitrogens is 1. The molecule has 5 nitrogen and oxygen atoms in total. The predicted octanol–water partition coefficient (Wildman–Crippen LogP) is 2.68. The summed E-state index contributed by atoms with van der Waals surface area (Å²) in [5.41, 5.74) is 5.78. The fraction of sp³-hybridized carbons (Fsp3) is 0.333. The van der Waals surface area contributed by atoms with E-state index in [9.17, 15) is 4.79 Å². The third-order valence-electron chi connectivity index (χ3n) is 4.79. The number of rotatable bonds is 2. The number of aromatic nitrogens is 2. The Kier molecular flexibility index (Phi) is 3.50. The number of nitrogens with zero attached hydrogens (tertiary/aromatic N) is 1. The average molecular weight is 308 g/mol. The van der Waals surface area contributed by atoms with Crippen LogP contribution in [0, 0.1) is 6.92 Å².